The van der Waals surface area contributed by atoms with E-state index in [1.54, 1.807) is 36.1 Å². The zero-order valence-corrected chi connectivity index (χ0v) is 11.8. The normalized spacial score (nSPS) is 12.7. The van der Waals surface area contributed by atoms with Gasteiger partial charge in [-0.3, -0.25) is 14.4 Å². The molecule has 0 saturated carbocycles. The van der Waals surface area contributed by atoms with Crippen molar-refractivity contribution in [3.8, 4) is 0 Å². The number of nitrogen functional groups attached to an aromatic ring is 1. The van der Waals surface area contributed by atoms with Gasteiger partial charge in [0.25, 0.3) is 0 Å². The average Bonchev–Trinajstić information content (AvgIpc) is 2.73. The lowest BCUT2D eigenvalue weighted by atomic mass is 10.3. The summed E-state index contributed by atoms with van der Waals surface area (Å²) < 4.78 is 1.60. The maximum Gasteiger partial charge on any atom is 0.236 e. The Morgan fingerprint density at radius 2 is 2.26 bits per heavy atom. The second-order valence-corrected chi connectivity index (χ2v) is 4.77. The maximum atomic E-state index is 11.6. The summed E-state index contributed by atoms with van der Waals surface area (Å²) in [5, 5.41) is 14.0. The van der Waals surface area contributed by atoms with Crippen LogP contribution in [0.2, 0.25) is 0 Å². The van der Waals surface area contributed by atoms with Gasteiger partial charge < -0.3 is 15.7 Å². The predicted molar refractivity (Wildman–Crippen MR) is 73.5 cm³/mol. The first-order valence-corrected chi connectivity index (χ1v) is 6.30. The summed E-state index contributed by atoms with van der Waals surface area (Å²) in [6.45, 7) is 3.76. The smallest absolute Gasteiger partial charge is 0.236 e. The van der Waals surface area contributed by atoms with E-state index >= 15 is 0 Å². The van der Waals surface area contributed by atoms with E-state index in [-0.39, 0.29) is 5.91 Å². The van der Waals surface area contributed by atoms with Gasteiger partial charge >= 0.3 is 0 Å². The third-order valence-electron chi connectivity index (χ3n) is 2.82. The van der Waals surface area contributed by atoms with Gasteiger partial charge in [-0.05, 0) is 6.54 Å². The zero-order valence-electron chi connectivity index (χ0n) is 11.8. The van der Waals surface area contributed by atoms with E-state index in [2.05, 4.69) is 5.10 Å². The molecular formula is C12H23N5O2. The minimum atomic E-state index is -0.589. The van der Waals surface area contributed by atoms with Crippen molar-refractivity contribution in [2.75, 3.05) is 39.5 Å². The van der Waals surface area contributed by atoms with Crippen LogP contribution in [0.5, 0.6) is 0 Å². The number of hydrogen-bond acceptors (Lipinski definition) is 5. The average molecular weight is 269 g/mol. The van der Waals surface area contributed by atoms with E-state index in [0.717, 1.165) is 0 Å². The molecule has 108 valence electrons. The van der Waals surface area contributed by atoms with E-state index in [1.165, 1.54) is 0 Å². The Morgan fingerprint density at radius 3 is 2.74 bits per heavy atom. The van der Waals surface area contributed by atoms with Gasteiger partial charge in [0.05, 0.1) is 31.1 Å². The van der Waals surface area contributed by atoms with Crippen molar-refractivity contribution in [1.29, 1.82) is 0 Å². The van der Waals surface area contributed by atoms with Crippen LogP contribution < -0.4 is 5.73 Å². The van der Waals surface area contributed by atoms with Crippen LogP contribution in [0.1, 0.15) is 6.92 Å². The Labute approximate surface area is 113 Å². The van der Waals surface area contributed by atoms with Crippen LogP contribution in [0.3, 0.4) is 0 Å². The minimum Gasteiger partial charge on any atom is -0.396 e. The molecule has 0 aromatic carbocycles. The molecule has 0 bridgehead atoms. The van der Waals surface area contributed by atoms with E-state index in [4.69, 9.17) is 5.73 Å². The van der Waals surface area contributed by atoms with Crippen LogP contribution in [0, 0.1) is 0 Å². The molecule has 1 heterocycles. The van der Waals surface area contributed by atoms with Crippen LogP contribution in [-0.2, 0) is 11.3 Å². The fraction of sp³-hybridized carbons (Fsp3) is 0.667. The summed E-state index contributed by atoms with van der Waals surface area (Å²) in [6, 6.07) is 0. The van der Waals surface area contributed by atoms with Crippen molar-refractivity contribution < 1.29 is 9.90 Å². The van der Waals surface area contributed by atoms with Crippen LogP contribution in [0.15, 0.2) is 12.4 Å². The first-order valence-electron chi connectivity index (χ1n) is 6.30. The molecular weight excluding hydrogens is 246 g/mol. The highest BCUT2D eigenvalue weighted by molar-refractivity contribution is 5.77. The van der Waals surface area contributed by atoms with Crippen molar-refractivity contribution in [3.63, 3.8) is 0 Å². The van der Waals surface area contributed by atoms with Gasteiger partial charge in [-0.1, -0.05) is 6.92 Å². The molecule has 1 amide bonds. The van der Waals surface area contributed by atoms with Crippen molar-refractivity contribution in [2.45, 2.75) is 19.6 Å². The molecule has 0 spiro atoms. The molecule has 3 N–H and O–H groups in total. The molecule has 0 fully saturated rings. The molecule has 1 unspecified atom stereocenters. The van der Waals surface area contributed by atoms with E-state index in [9.17, 15) is 9.90 Å². The number of anilines is 1. The summed E-state index contributed by atoms with van der Waals surface area (Å²) in [6.07, 6.45) is 2.62. The lowest BCUT2D eigenvalue weighted by molar-refractivity contribution is -0.130. The standard InChI is InChI=1S/C12H23N5O2/c1-4-16(9-12(19)15(2)3)7-11(18)8-17-6-10(13)5-14-17/h5-6,11,18H,4,7-9,13H2,1-3H3. The molecule has 19 heavy (non-hydrogen) atoms. The topological polar surface area (TPSA) is 87.6 Å². The van der Waals surface area contributed by atoms with Crippen molar-refractivity contribution in [1.82, 2.24) is 19.6 Å². The van der Waals surface area contributed by atoms with Gasteiger partial charge in [0.1, 0.15) is 0 Å². The third-order valence-corrected chi connectivity index (χ3v) is 2.82. The Hall–Kier alpha value is -1.60. The highest BCUT2D eigenvalue weighted by Crippen LogP contribution is 2.01. The third kappa shape index (κ3) is 5.27. The summed E-state index contributed by atoms with van der Waals surface area (Å²) in [5.41, 5.74) is 6.13. The predicted octanol–water partition coefficient (Wildman–Crippen LogP) is -0.764. The lowest BCUT2D eigenvalue weighted by Gasteiger charge is -2.24. The highest BCUT2D eigenvalue weighted by atomic mass is 16.3. The van der Waals surface area contributed by atoms with Crippen molar-refractivity contribution in [2.24, 2.45) is 0 Å². The van der Waals surface area contributed by atoms with Gasteiger partial charge in [-0.25, -0.2) is 0 Å². The molecule has 0 aliphatic rings. The van der Waals surface area contributed by atoms with Crippen molar-refractivity contribution >= 4 is 11.6 Å². The number of carbonyl (C=O) groups excluding carboxylic acids is 1. The largest absolute Gasteiger partial charge is 0.396 e. The molecule has 7 nitrogen and oxygen atoms in total. The first kappa shape index (κ1) is 15.5. The van der Waals surface area contributed by atoms with Crippen LogP contribution in [-0.4, -0.2) is 70.4 Å². The van der Waals surface area contributed by atoms with Gasteiger partial charge in [0, 0.05) is 26.8 Å². The molecule has 0 radical (unpaired) electrons. The molecule has 0 saturated heterocycles. The Bertz CT molecular complexity index is 405. The molecule has 1 atom stereocenters. The number of amides is 1. The number of nitrogens with two attached hydrogens (primary N) is 1. The Balaban J connectivity index is 2.44. The molecule has 1 aromatic heterocycles. The van der Waals surface area contributed by atoms with E-state index < -0.39 is 6.10 Å². The lowest BCUT2D eigenvalue weighted by Crippen LogP contribution is -2.41. The molecule has 0 aliphatic heterocycles. The van der Waals surface area contributed by atoms with Crippen LogP contribution in [0.4, 0.5) is 5.69 Å². The number of likely N-dealkylation sites (N-methyl/N-ethyl adjacent to an activating group) is 2. The van der Waals surface area contributed by atoms with Crippen molar-refractivity contribution in [3.05, 3.63) is 12.4 Å². The minimum absolute atomic E-state index is 0.0254. The number of nitrogens with zero attached hydrogens (tertiary/aromatic N) is 4. The second-order valence-electron chi connectivity index (χ2n) is 4.77. The Morgan fingerprint density at radius 1 is 1.58 bits per heavy atom. The summed E-state index contributed by atoms with van der Waals surface area (Å²) in [4.78, 5) is 15.1. The number of aliphatic hydroxyl groups excluding tert-OH is 1. The van der Waals surface area contributed by atoms with Crippen LogP contribution >= 0.6 is 0 Å². The number of hydrogen-bond donors (Lipinski definition) is 2. The molecule has 0 aliphatic carbocycles. The van der Waals surface area contributed by atoms with Gasteiger partial charge in [-0.2, -0.15) is 5.10 Å². The monoisotopic (exact) mass is 269 g/mol. The maximum absolute atomic E-state index is 11.6. The SMILES string of the molecule is CCN(CC(=O)N(C)C)CC(O)Cn1cc(N)cn1. The fourth-order valence-corrected chi connectivity index (χ4v) is 1.69. The van der Waals surface area contributed by atoms with Gasteiger partial charge in [0.15, 0.2) is 0 Å². The number of carbonyl (C=O) groups is 1. The van der Waals surface area contributed by atoms with E-state index in [0.29, 0.717) is 31.9 Å². The van der Waals surface area contributed by atoms with E-state index in [1.807, 2.05) is 11.8 Å². The fourth-order valence-electron chi connectivity index (χ4n) is 1.69. The molecule has 1 aromatic rings. The Kier molecular flexibility index (Phi) is 5.78. The van der Waals surface area contributed by atoms with Crippen LogP contribution in [0.25, 0.3) is 0 Å². The summed E-state index contributed by atoms with van der Waals surface area (Å²) in [5.74, 6) is 0.0254. The summed E-state index contributed by atoms with van der Waals surface area (Å²) in [7, 11) is 3.44. The first-order chi connectivity index (χ1) is 8.92. The highest BCUT2D eigenvalue weighted by Gasteiger charge is 2.15. The zero-order chi connectivity index (χ0) is 14.4. The molecule has 1 rings (SSSR count). The summed E-state index contributed by atoms with van der Waals surface area (Å²) >= 11 is 0. The van der Waals surface area contributed by atoms with Gasteiger partial charge in [0.2, 0.25) is 5.91 Å². The van der Waals surface area contributed by atoms with Gasteiger partial charge in [-0.15, -0.1) is 0 Å². The number of aromatic nitrogens is 2. The quantitative estimate of drug-likeness (QED) is 0.679. The number of aliphatic hydroxyl groups is 1. The molecule has 7 heteroatoms. The number of rotatable bonds is 7. The second kappa shape index (κ2) is 7.10.